The van der Waals surface area contributed by atoms with Crippen LogP contribution in [0.5, 0.6) is 5.75 Å². The van der Waals surface area contributed by atoms with Crippen molar-refractivity contribution in [2.45, 2.75) is 51.9 Å². The molecule has 0 radical (unpaired) electrons. The van der Waals surface area contributed by atoms with Gasteiger partial charge in [0.1, 0.15) is 5.75 Å². The van der Waals surface area contributed by atoms with E-state index in [1.54, 1.807) is 0 Å². The van der Waals surface area contributed by atoms with E-state index in [4.69, 9.17) is 4.74 Å². The van der Waals surface area contributed by atoms with Crippen LogP contribution in [0.15, 0.2) is 103 Å². The van der Waals surface area contributed by atoms with Crippen LogP contribution < -0.4 is 10.1 Å². The summed E-state index contributed by atoms with van der Waals surface area (Å²) < 4.78 is 6.30. The third kappa shape index (κ3) is 6.15. The summed E-state index contributed by atoms with van der Waals surface area (Å²) in [7, 11) is 0. The average molecular weight is 505 g/mol. The van der Waals surface area contributed by atoms with Crippen molar-refractivity contribution in [2.24, 2.45) is 0 Å². The van der Waals surface area contributed by atoms with E-state index in [0.29, 0.717) is 13.0 Å². The van der Waals surface area contributed by atoms with Gasteiger partial charge in [0.2, 0.25) is 0 Å². The molecule has 0 fully saturated rings. The summed E-state index contributed by atoms with van der Waals surface area (Å²) in [6.45, 7) is 6.49. The first kappa shape index (κ1) is 25.7. The Hall–Kier alpha value is -3.89. The van der Waals surface area contributed by atoms with Gasteiger partial charge in [0.25, 0.3) is 5.91 Å². The number of carbonyl (C=O) groups excluding carboxylic acids is 1. The van der Waals surface area contributed by atoms with Crippen LogP contribution >= 0.6 is 0 Å². The summed E-state index contributed by atoms with van der Waals surface area (Å²) >= 11 is 0. The topological polar surface area (TPSA) is 41.6 Å². The molecule has 1 heterocycles. The first-order valence-electron chi connectivity index (χ1n) is 13.6. The SMILES string of the molecule is CC[C@H](Oc1ccc2c(c1)[C@@H](c1ccccc1)N(Cc1cccc(C)c1)CC2)C(=O)NCc1ccccc1. The standard InChI is InChI=1S/C34H36N2O2/c1-3-32(34(37)35-23-26-12-6-4-7-13-26)38-30-18-17-28-19-20-36(24-27-14-10-11-25(2)21-27)33(31(28)22-30)29-15-8-5-9-16-29/h4-18,21-22,32-33H,3,19-20,23-24H2,1-2H3,(H,35,37)/t32-,33+/m0/s1. The van der Waals surface area contributed by atoms with Gasteiger partial charge >= 0.3 is 0 Å². The molecule has 4 heteroatoms. The lowest BCUT2D eigenvalue weighted by Gasteiger charge is -2.38. The molecule has 0 bridgehead atoms. The molecule has 1 aliphatic heterocycles. The monoisotopic (exact) mass is 504 g/mol. The van der Waals surface area contributed by atoms with Gasteiger partial charge in [0.05, 0.1) is 6.04 Å². The zero-order valence-corrected chi connectivity index (χ0v) is 22.3. The van der Waals surface area contributed by atoms with Crippen LogP contribution in [0.25, 0.3) is 0 Å². The van der Waals surface area contributed by atoms with Crippen LogP contribution in [0.3, 0.4) is 0 Å². The number of rotatable bonds is 9. The van der Waals surface area contributed by atoms with E-state index in [9.17, 15) is 4.79 Å². The van der Waals surface area contributed by atoms with Crippen molar-refractivity contribution in [3.05, 3.63) is 137 Å². The number of nitrogens with one attached hydrogen (secondary N) is 1. The summed E-state index contributed by atoms with van der Waals surface area (Å²) in [5.74, 6) is 0.651. The molecule has 1 aliphatic rings. The Bertz CT molecular complexity index is 1350. The summed E-state index contributed by atoms with van der Waals surface area (Å²) in [6, 6.07) is 35.9. The number of carbonyl (C=O) groups is 1. The second-order valence-corrected chi connectivity index (χ2v) is 10.1. The third-order valence-electron chi connectivity index (χ3n) is 7.28. The van der Waals surface area contributed by atoms with Crippen molar-refractivity contribution < 1.29 is 9.53 Å². The number of hydrogen-bond acceptors (Lipinski definition) is 3. The molecule has 0 saturated heterocycles. The quantitative estimate of drug-likeness (QED) is 0.279. The Balaban J connectivity index is 1.38. The van der Waals surface area contributed by atoms with Gasteiger partial charge in [-0.1, -0.05) is 103 Å². The minimum atomic E-state index is -0.543. The first-order valence-corrected chi connectivity index (χ1v) is 13.6. The zero-order chi connectivity index (χ0) is 26.3. The Morgan fingerprint density at radius 2 is 1.66 bits per heavy atom. The second kappa shape index (κ2) is 12.1. The van der Waals surface area contributed by atoms with Gasteiger partial charge in [-0.2, -0.15) is 0 Å². The normalized spacial score (nSPS) is 15.9. The van der Waals surface area contributed by atoms with E-state index < -0.39 is 6.10 Å². The number of nitrogens with zero attached hydrogens (tertiary/aromatic N) is 1. The van der Waals surface area contributed by atoms with Crippen LogP contribution in [0.1, 0.15) is 52.8 Å². The molecule has 0 aromatic heterocycles. The molecule has 0 unspecified atom stereocenters. The number of amides is 1. The lowest BCUT2D eigenvalue weighted by Crippen LogP contribution is -2.38. The van der Waals surface area contributed by atoms with E-state index in [0.717, 1.165) is 30.8 Å². The van der Waals surface area contributed by atoms with Gasteiger partial charge in [0, 0.05) is 19.6 Å². The Morgan fingerprint density at radius 3 is 2.39 bits per heavy atom. The van der Waals surface area contributed by atoms with Gasteiger partial charge in [-0.05, 0) is 59.7 Å². The molecular formula is C34H36N2O2. The maximum atomic E-state index is 13.0. The second-order valence-electron chi connectivity index (χ2n) is 10.1. The van der Waals surface area contributed by atoms with Gasteiger partial charge in [-0.25, -0.2) is 0 Å². The summed E-state index contributed by atoms with van der Waals surface area (Å²) in [5, 5.41) is 3.03. The molecule has 194 valence electrons. The van der Waals surface area contributed by atoms with Crippen LogP contribution in [-0.4, -0.2) is 23.5 Å². The van der Waals surface area contributed by atoms with Gasteiger partial charge in [-0.15, -0.1) is 0 Å². The molecule has 0 spiro atoms. The predicted octanol–water partition coefficient (Wildman–Crippen LogP) is 6.62. The molecule has 4 aromatic carbocycles. The highest BCUT2D eigenvalue weighted by molar-refractivity contribution is 5.81. The third-order valence-corrected chi connectivity index (χ3v) is 7.28. The predicted molar refractivity (Wildman–Crippen MR) is 153 cm³/mol. The Labute approximate surface area is 226 Å². The van der Waals surface area contributed by atoms with E-state index in [1.807, 2.05) is 43.3 Å². The smallest absolute Gasteiger partial charge is 0.261 e. The maximum absolute atomic E-state index is 13.0. The number of aryl methyl sites for hydroxylation is 1. The Kier molecular flexibility index (Phi) is 8.20. The molecule has 0 saturated carbocycles. The van der Waals surface area contributed by atoms with E-state index in [-0.39, 0.29) is 11.9 Å². The lowest BCUT2D eigenvalue weighted by atomic mass is 9.87. The highest BCUT2D eigenvalue weighted by Gasteiger charge is 2.30. The summed E-state index contributed by atoms with van der Waals surface area (Å²) in [4.78, 5) is 15.5. The minimum absolute atomic E-state index is 0.0882. The summed E-state index contributed by atoms with van der Waals surface area (Å²) in [6.07, 6.45) is 1.04. The number of hydrogen-bond donors (Lipinski definition) is 1. The fraction of sp³-hybridized carbons (Fsp3) is 0.265. The lowest BCUT2D eigenvalue weighted by molar-refractivity contribution is -0.128. The Morgan fingerprint density at radius 1 is 0.921 bits per heavy atom. The molecule has 38 heavy (non-hydrogen) atoms. The van der Waals surface area contributed by atoms with Crippen LogP contribution in [0.4, 0.5) is 0 Å². The molecule has 0 aliphatic carbocycles. The number of benzene rings is 4. The van der Waals surface area contributed by atoms with E-state index in [1.165, 1.54) is 27.8 Å². The van der Waals surface area contributed by atoms with Crippen molar-refractivity contribution >= 4 is 5.91 Å². The molecule has 4 aromatic rings. The zero-order valence-electron chi connectivity index (χ0n) is 22.3. The molecule has 4 nitrogen and oxygen atoms in total. The van der Waals surface area contributed by atoms with Crippen molar-refractivity contribution in [1.29, 1.82) is 0 Å². The molecule has 5 rings (SSSR count). The maximum Gasteiger partial charge on any atom is 0.261 e. The fourth-order valence-electron chi connectivity index (χ4n) is 5.34. The molecule has 2 atom stereocenters. The van der Waals surface area contributed by atoms with Gasteiger partial charge in [-0.3, -0.25) is 9.69 Å². The molecule has 1 N–H and O–H groups in total. The van der Waals surface area contributed by atoms with Crippen LogP contribution in [0.2, 0.25) is 0 Å². The van der Waals surface area contributed by atoms with Crippen LogP contribution in [-0.2, 0) is 24.3 Å². The van der Waals surface area contributed by atoms with E-state index >= 15 is 0 Å². The van der Waals surface area contributed by atoms with Crippen molar-refractivity contribution in [3.63, 3.8) is 0 Å². The molecular weight excluding hydrogens is 468 g/mol. The highest BCUT2D eigenvalue weighted by Crippen LogP contribution is 2.38. The van der Waals surface area contributed by atoms with Gasteiger partial charge < -0.3 is 10.1 Å². The van der Waals surface area contributed by atoms with Crippen molar-refractivity contribution in [1.82, 2.24) is 10.2 Å². The van der Waals surface area contributed by atoms with E-state index in [2.05, 4.69) is 83.9 Å². The largest absolute Gasteiger partial charge is 0.481 e. The average Bonchev–Trinajstić information content (AvgIpc) is 2.95. The van der Waals surface area contributed by atoms with Gasteiger partial charge in [0.15, 0.2) is 6.10 Å². The summed E-state index contributed by atoms with van der Waals surface area (Å²) in [5.41, 5.74) is 7.54. The van der Waals surface area contributed by atoms with Crippen LogP contribution in [0, 0.1) is 6.92 Å². The minimum Gasteiger partial charge on any atom is -0.481 e. The van der Waals surface area contributed by atoms with Crippen molar-refractivity contribution in [2.75, 3.05) is 6.54 Å². The highest BCUT2D eigenvalue weighted by atomic mass is 16.5. The first-order chi connectivity index (χ1) is 18.6. The number of ether oxygens (including phenoxy) is 1. The fourth-order valence-corrected chi connectivity index (χ4v) is 5.34. The van der Waals surface area contributed by atoms with Crippen molar-refractivity contribution in [3.8, 4) is 5.75 Å². The molecule has 1 amide bonds. The number of fused-ring (bicyclic) bond motifs is 1.